The minimum Gasteiger partial charge on any atom is -0.497 e. The summed E-state index contributed by atoms with van der Waals surface area (Å²) in [6, 6.07) is 7.41. The van der Waals surface area contributed by atoms with Gasteiger partial charge in [-0.25, -0.2) is 4.79 Å². The number of nitrogens with zero attached hydrogens (tertiary/aromatic N) is 1. The van der Waals surface area contributed by atoms with Crippen molar-refractivity contribution in [2.45, 2.75) is 6.92 Å². The molecule has 2 aromatic rings. The maximum absolute atomic E-state index is 10.8. The minimum atomic E-state index is -0.344. The van der Waals surface area contributed by atoms with Crippen molar-refractivity contribution in [1.82, 2.24) is 4.73 Å². The van der Waals surface area contributed by atoms with Gasteiger partial charge in [0.2, 0.25) is 0 Å². The molecule has 4 heteroatoms. The average molecular weight is 205 g/mol. The summed E-state index contributed by atoms with van der Waals surface area (Å²) in [5, 5.41) is 0.968. The maximum Gasteiger partial charge on any atom is 0.329 e. The number of methoxy groups -OCH3 is 1. The Morgan fingerprint density at radius 1 is 1.33 bits per heavy atom. The smallest absolute Gasteiger partial charge is 0.329 e. The molecule has 0 fully saturated rings. The number of ether oxygens (including phenoxy) is 1. The minimum absolute atomic E-state index is 0.344. The molecule has 0 unspecified atom stereocenters. The van der Waals surface area contributed by atoms with Crippen molar-refractivity contribution in [2.24, 2.45) is 0 Å². The fourth-order valence-electron chi connectivity index (χ4n) is 1.44. The first-order chi connectivity index (χ1) is 7.20. The van der Waals surface area contributed by atoms with E-state index in [-0.39, 0.29) is 5.97 Å². The molecule has 15 heavy (non-hydrogen) atoms. The number of hydrogen-bond acceptors (Lipinski definition) is 3. The van der Waals surface area contributed by atoms with Crippen LogP contribution in [0, 0.1) is 0 Å². The monoisotopic (exact) mass is 205 g/mol. The van der Waals surface area contributed by atoms with Gasteiger partial charge in [0.25, 0.3) is 0 Å². The van der Waals surface area contributed by atoms with E-state index < -0.39 is 0 Å². The van der Waals surface area contributed by atoms with Crippen molar-refractivity contribution in [3.63, 3.8) is 0 Å². The Labute approximate surface area is 87.0 Å². The van der Waals surface area contributed by atoms with Crippen molar-refractivity contribution in [1.29, 1.82) is 0 Å². The largest absolute Gasteiger partial charge is 0.497 e. The highest BCUT2D eigenvalue weighted by atomic mass is 16.7. The zero-order valence-corrected chi connectivity index (χ0v) is 8.56. The second-order valence-corrected chi connectivity index (χ2v) is 3.15. The first kappa shape index (κ1) is 9.58. The summed E-state index contributed by atoms with van der Waals surface area (Å²) in [6.45, 7) is 1.37. The lowest BCUT2D eigenvalue weighted by Crippen LogP contribution is -2.14. The lowest BCUT2D eigenvalue weighted by molar-refractivity contribution is -0.140. The molecule has 0 saturated carbocycles. The Morgan fingerprint density at radius 2 is 2.13 bits per heavy atom. The van der Waals surface area contributed by atoms with Gasteiger partial charge in [-0.3, -0.25) is 0 Å². The molecular weight excluding hydrogens is 194 g/mol. The third-order valence-electron chi connectivity index (χ3n) is 2.09. The Hall–Kier alpha value is -1.97. The topological polar surface area (TPSA) is 40.5 Å². The predicted molar refractivity (Wildman–Crippen MR) is 55.8 cm³/mol. The van der Waals surface area contributed by atoms with Crippen molar-refractivity contribution in [3.8, 4) is 5.75 Å². The van der Waals surface area contributed by atoms with Crippen LogP contribution in [0.5, 0.6) is 5.75 Å². The molecule has 1 aromatic carbocycles. The van der Waals surface area contributed by atoms with Gasteiger partial charge >= 0.3 is 5.97 Å². The van der Waals surface area contributed by atoms with E-state index in [1.807, 2.05) is 24.3 Å². The van der Waals surface area contributed by atoms with Crippen LogP contribution in [-0.4, -0.2) is 17.8 Å². The van der Waals surface area contributed by atoms with Crippen LogP contribution in [0.1, 0.15) is 6.92 Å². The molecule has 0 radical (unpaired) electrons. The van der Waals surface area contributed by atoms with E-state index in [1.165, 1.54) is 11.7 Å². The molecule has 2 rings (SSSR count). The summed E-state index contributed by atoms with van der Waals surface area (Å²) in [5.41, 5.74) is 0.839. The summed E-state index contributed by atoms with van der Waals surface area (Å²) < 4.78 is 6.54. The highest BCUT2D eigenvalue weighted by molar-refractivity contribution is 5.82. The van der Waals surface area contributed by atoms with E-state index in [4.69, 9.17) is 9.57 Å². The molecule has 0 saturated heterocycles. The first-order valence-electron chi connectivity index (χ1n) is 4.55. The van der Waals surface area contributed by atoms with E-state index >= 15 is 0 Å². The van der Waals surface area contributed by atoms with Crippen molar-refractivity contribution >= 4 is 16.9 Å². The zero-order chi connectivity index (χ0) is 10.8. The van der Waals surface area contributed by atoms with Crippen LogP contribution >= 0.6 is 0 Å². The number of carbonyl (C=O) groups excluding carboxylic acids is 1. The summed E-state index contributed by atoms with van der Waals surface area (Å²) >= 11 is 0. The Bertz CT molecular complexity index is 502. The molecule has 0 amide bonds. The molecule has 1 heterocycles. The normalized spacial score (nSPS) is 10.3. The van der Waals surface area contributed by atoms with Crippen LogP contribution in [0.3, 0.4) is 0 Å². The summed E-state index contributed by atoms with van der Waals surface area (Å²) in [6.07, 6.45) is 1.70. The molecule has 0 spiro atoms. The fraction of sp³-hybridized carbons (Fsp3) is 0.182. The Morgan fingerprint density at radius 3 is 2.80 bits per heavy atom. The van der Waals surface area contributed by atoms with Gasteiger partial charge in [-0.1, -0.05) is 0 Å². The number of benzene rings is 1. The molecule has 0 aliphatic rings. The zero-order valence-electron chi connectivity index (χ0n) is 8.56. The molecule has 1 aromatic heterocycles. The number of rotatable bonds is 2. The van der Waals surface area contributed by atoms with Crippen molar-refractivity contribution in [2.75, 3.05) is 7.11 Å². The molecule has 0 N–H and O–H groups in total. The van der Waals surface area contributed by atoms with Crippen LogP contribution in [0.25, 0.3) is 10.9 Å². The van der Waals surface area contributed by atoms with Gasteiger partial charge in [-0.2, -0.15) is 4.73 Å². The second kappa shape index (κ2) is 3.65. The standard InChI is InChI=1S/C11H11NO3/c1-8(13)15-12-6-5-9-7-10(14-2)3-4-11(9)12/h3-7H,1-2H3. The number of carbonyl (C=O) groups is 1. The molecular formula is C11H11NO3. The lowest BCUT2D eigenvalue weighted by atomic mass is 10.2. The summed E-state index contributed by atoms with van der Waals surface area (Å²) in [5.74, 6) is 0.436. The van der Waals surface area contributed by atoms with E-state index in [2.05, 4.69) is 0 Å². The lowest BCUT2D eigenvalue weighted by Gasteiger charge is -2.04. The van der Waals surface area contributed by atoms with Gasteiger partial charge in [0.15, 0.2) is 0 Å². The summed E-state index contributed by atoms with van der Waals surface area (Å²) in [4.78, 5) is 15.8. The van der Waals surface area contributed by atoms with Gasteiger partial charge < -0.3 is 9.57 Å². The quantitative estimate of drug-likeness (QED) is 0.748. The Balaban J connectivity index is 2.47. The average Bonchev–Trinajstić information content (AvgIpc) is 2.60. The number of fused-ring (bicyclic) bond motifs is 1. The van der Waals surface area contributed by atoms with Crippen LogP contribution < -0.4 is 9.57 Å². The van der Waals surface area contributed by atoms with E-state index in [0.29, 0.717) is 0 Å². The fourth-order valence-corrected chi connectivity index (χ4v) is 1.44. The third-order valence-corrected chi connectivity index (χ3v) is 2.09. The number of hydrogen-bond donors (Lipinski definition) is 0. The highest BCUT2D eigenvalue weighted by Crippen LogP contribution is 2.20. The van der Waals surface area contributed by atoms with Gasteiger partial charge in [-0.05, 0) is 24.3 Å². The summed E-state index contributed by atoms with van der Waals surface area (Å²) in [7, 11) is 1.62. The van der Waals surface area contributed by atoms with Crippen molar-refractivity contribution < 1.29 is 14.4 Å². The van der Waals surface area contributed by atoms with Crippen LogP contribution in [0.4, 0.5) is 0 Å². The van der Waals surface area contributed by atoms with Crippen LogP contribution in [-0.2, 0) is 4.79 Å². The van der Waals surface area contributed by atoms with Gasteiger partial charge in [-0.15, -0.1) is 0 Å². The second-order valence-electron chi connectivity index (χ2n) is 3.15. The predicted octanol–water partition coefficient (Wildman–Crippen LogP) is 1.62. The molecule has 78 valence electrons. The van der Waals surface area contributed by atoms with Gasteiger partial charge in [0.1, 0.15) is 5.75 Å². The maximum atomic E-state index is 10.8. The molecule has 0 aliphatic heterocycles. The van der Waals surface area contributed by atoms with E-state index in [9.17, 15) is 4.79 Å². The molecule has 0 aliphatic carbocycles. The highest BCUT2D eigenvalue weighted by Gasteiger charge is 2.04. The van der Waals surface area contributed by atoms with Crippen LogP contribution in [0.15, 0.2) is 30.5 Å². The molecule has 0 atom stereocenters. The van der Waals surface area contributed by atoms with Gasteiger partial charge in [0.05, 0.1) is 12.6 Å². The SMILES string of the molecule is COc1ccc2c(ccn2OC(C)=O)c1. The van der Waals surface area contributed by atoms with Gasteiger partial charge in [0, 0.05) is 18.5 Å². The van der Waals surface area contributed by atoms with Crippen LogP contribution in [0.2, 0.25) is 0 Å². The number of aromatic nitrogens is 1. The van der Waals surface area contributed by atoms with Crippen molar-refractivity contribution in [3.05, 3.63) is 30.5 Å². The van der Waals surface area contributed by atoms with E-state index in [1.54, 1.807) is 13.3 Å². The van der Waals surface area contributed by atoms with E-state index in [0.717, 1.165) is 16.7 Å². The molecule has 0 bridgehead atoms. The molecule has 4 nitrogen and oxygen atoms in total. The third kappa shape index (κ3) is 1.79. The first-order valence-corrected chi connectivity index (χ1v) is 4.55. The Kier molecular flexibility index (Phi) is 2.33.